The van der Waals surface area contributed by atoms with Crippen molar-refractivity contribution in [3.63, 3.8) is 0 Å². The van der Waals surface area contributed by atoms with E-state index in [1.165, 1.54) is 22.4 Å². The molecular weight excluding hydrogens is 402 g/mol. The van der Waals surface area contributed by atoms with Crippen LogP contribution in [-0.4, -0.2) is 27.7 Å². The fraction of sp³-hybridized carbons (Fsp3) is 0.143. The second-order valence-electron chi connectivity index (χ2n) is 6.09. The molecule has 3 aromatic rings. The molecule has 152 valence electrons. The molecule has 8 nitrogen and oxygen atoms in total. The predicted molar refractivity (Wildman–Crippen MR) is 118 cm³/mol. The van der Waals surface area contributed by atoms with Crippen molar-refractivity contribution < 1.29 is 4.74 Å². The number of rotatable bonds is 5. The standard InChI is InChI=1S/C21H19N5O3S/c1-29-17-10-8-15(9-11-17)13-25-19(27)12-18(24-20(30-2)23-14-22)26(21(25)28)16-6-4-3-5-7-16/h3-12H,13H2,1-2H3,(H,23,24). The largest absolute Gasteiger partial charge is 0.497 e. The number of aromatic nitrogens is 2. The van der Waals surface area contributed by atoms with Crippen molar-refractivity contribution in [3.05, 3.63) is 87.1 Å². The summed E-state index contributed by atoms with van der Waals surface area (Å²) in [6.45, 7) is 0.102. The highest BCUT2D eigenvalue weighted by Crippen LogP contribution is 2.17. The van der Waals surface area contributed by atoms with Gasteiger partial charge in [-0.15, -0.1) is 0 Å². The summed E-state index contributed by atoms with van der Waals surface area (Å²) in [5.74, 6) is 0.821. The summed E-state index contributed by atoms with van der Waals surface area (Å²) in [7, 11) is 1.57. The first kappa shape index (κ1) is 21.0. The highest BCUT2D eigenvalue weighted by molar-refractivity contribution is 8.13. The molecule has 0 spiro atoms. The summed E-state index contributed by atoms with van der Waals surface area (Å²) < 4.78 is 7.64. The van der Waals surface area contributed by atoms with Crippen molar-refractivity contribution in [2.75, 3.05) is 13.4 Å². The van der Waals surface area contributed by atoms with Gasteiger partial charge in [-0.2, -0.15) is 5.26 Å². The molecule has 1 aromatic heterocycles. The average molecular weight is 421 g/mol. The van der Waals surface area contributed by atoms with Gasteiger partial charge in [0, 0.05) is 6.07 Å². The Hall–Kier alpha value is -3.77. The van der Waals surface area contributed by atoms with E-state index in [1.54, 1.807) is 68.1 Å². The van der Waals surface area contributed by atoms with E-state index in [4.69, 9.17) is 10.00 Å². The molecule has 0 fully saturated rings. The smallest absolute Gasteiger partial charge is 0.337 e. The van der Waals surface area contributed by atoms with Crippen LogP contribution in [0.2, 0.25) is 0 Å². The van der Waals surface area contributed by atoms with Gasteiger partial charge in [-0.1, -0.05) is 42.1 Å². The van der Waals surface area contributed by atoms with E-state index in [-0.39, 0.29) is 17.5 Å². The predicted octanol–water partition coefficient (Wildman–Crippen LogP) is 2.48. The zero-order chi connectivity index (χ0) is 21.5. The Morgan fingerprint density at radius 1 is 1.17 bits per heavy atom. The third-order valence-electron chi connectivity index (χ3n) is 4.26. The maximum Gasteiger partial charge on any atom is 0.337 e. The minimum atomic E-state index is -0.527. The van der Waals surface area contributed by atoms with Crippen molar-refractivity contribution in [1.29, 1.82) is 5.26 Å². The quantitative estimate of drug-likeness (QED) is 0.294. The van der Waals surface area contributed by atoms with Gasteiger partial charge in [0.05, 0.1) is 19.3 Å². The minimum Gasteiger partial charge on any atom is -0.497 e. The molecule has 0 unspecified atom stereocenters. The monoisotopic (exact) mass is 421 g/mol. The Kier molecular flexibility index (Phi) is 6.72. The molecule has 1 N–H and O–H groups in total. The molecule has 0 atom stereocenters. The third kappa shape index (κ3) is 4.61. The normalized spacial score (nSPS) is 11.0. The number of nitrogens with one attached hydrogen (secondary N) is 1. The van der Waals surface area contributed by atoms with Crippen LogP contribution in [-0.2, 0) is 6.54 Å². The van der Waals surface area contributed by atoms with E-state index in [9.17, 15) is 9.59 Å². The second-order valence-corrected chi connectivity index (χ2v) is 6.88. The number of para-hydroxylation sites is 1. The zero-order valence-electron chi connectivity index (χ0n) is 16.4. The number of thioether (sulfide) groups is 1. The fourth-order valence-electron chi connectivity index (χ4n) is 2.80. The lowest BCUT2D eigenvalue weighted by Crippen LogP contribution is -2.39. The summed E-state index contributed by atoms with van der Waals surface area (Å²) in [5.41, 5.74) is 0.323. The number of ether oxygens (including phenoxy) is 1. The van der Waals surface area contributed by atoms with Gasteiger partial charge in [-0.25, -0.2) is 14.4 Å². The van der Waals surface area contributed by atoms with E-state index < -0.39 is 11.2 Å². The number of benzene rings is 2. The number of nitrogens with zero attached hydrogens (tertiary/aromatic N) is 4. The SMILES string of the molecule is COc1ccc(Cn2c(=O)cc(/N=C(/NC#N)SC)n(-c3ccccc3)c2=O)cc1. The molecule has 0 aliphatic carbocycles. The van der Waals surface area contributed by atoms with Gasteiger partial charge in [0.25, 0.3) is 5.56 Å². The second kappa shape index (κ2) is 9.62. The Morgan fingerprint density at radius 3 is 2.47 bits per heavy atom. The lowest BCUT2D eigenvalue weighted by Gasteiger charge is -2.14. The molecule has 2 aromatic carbocycles. The lowest BCUT2D eigenvalue weighted by molar-refractivity contribution is 0.414. The lowest BCUT2D eigenvalue weighted by atomic mass is 10.2. The van der Waals surface area contributed by atoms with Crippen molar-refractivity contribution in [2.45, 2.75) is 6.54 Å². The molecule has 0 aliphatic rings. The van der Waals surface area contributed by atoms with E-state index in [1.807, 2.05) is 6.07 Å². The van der Waals surface area contributed by atoms with Crippen molar-refractivity contribution in [1.82, 2.24) is 14.5 Å². The first-order valence-electron chi connectivity index (χ1n) is 8.90. The van der Waals surface area contributed by atoms with Gasteiger partial charge < -0.3 is 4.74 Å². The number of methoxy groups -OCH3 is 1. The van der Waals surface area contributed by atoms with Crippen LogP contribution in [0.1, 0.15) is 5.56 Å². The maximum absolute atomic E-state index is 13.3. The van der Waals surface area contributed by atoms with Crippen LogP contribution in [0.4, 0.5) is 5.82 Å². The zero-order valence-corrected chi connectivity index (χ0v) is 17.2. The Morgan fingerprint density at radius 2 is 1.87 bits per heavy atom. The van der Waals surface area contributed by atoms with Crippen LogP contribution in [0.25, 0.3) is 5.69 Å². The van der Waals surface area contributed by atoms with E-state index in [2.05, 4.69) is 10.3 Å². The molecule has 0 saturated heterocycles. The van der Waals surface area contributed by atoms with Crippen molar-refractivity contribution in [2.24, 2.45) is 4.99 Å². The highest BCUT2D eigenvalue weighted by atomic mass is 32.2. The molecule has 30 heavy (non-hydrogen) atoms. The molecule has 0 amide bonds. The van der Waals surface area contributed by atoms with Crippen LogP contribution in [0.3, 0.4) is 0 Å². The summed E-state index contributed by atoms with van der Waals surface area (Å²) in [6.07, 6.45) is 3.53. The van der Waals surface area contributed by atoms with Gasteiger partial charge in [0.15, 0.2) is 11.4 Å². The van der Waals surface area contributed by atoms with E-state index in [0.29, 0.717) is 11.4 Å². The maximum atomic E-state index is 13.3. The van der Waals surface area contributed by atoms with Gasteiger partial charge in [0.2, 0.25) is 0 Å². The van der Waals surface area contributed by atoms with Gasteiger partial charge in [-0.05, 0) is 36.1 Å². The van der Waals surface area contributed by atoms with Crippen LogP contribution in [0.5, 0.6) is 5.75 Å². The summed E-state index contributed by atoms with van der Waals surface area (Å²) in [4.78, 5) is 30.4. The van der Waals surface area contributed by atoms with Crippen LogP contribution in [0, 0.1) is 11.5 Å². The Bertz CT molecular complexity index is 1210. The average Bonchev–Trinajstić information content (AvgIpc) is 2.77. The Labute approximate surface area is 177 Å². The molecule has 0 bridgehead atoms. The molecule has 0 radical (unpaired) electrons. The third-order valence-corrected chi connectivity index (χ3v) is 4.84. The number of aliphatic imine (C=N–C) groups is 1. The van der Waals surface area contributed by atoms with Crippen molar-refractivity contribution in [3.8, 4) is 17.6 Å². The van der Waals surface area contributed by atoms with E-state index >= 15 is 0 Å². The molecule has 9 heteroatoms. The van der Waals surface area contributed by atoms with E-state index in [0.717, 1.165) is 10.1 Å². The molecule has 1 heterocycles. The van der Waals surface area contributed by atoms with Gasteiger partial charge in [0.1, 0.15) is 11.6 Å². The molecular formula is C21H19N5O3S. The molecule has 0 aliphatic heterocycles. The first-order chi connectivity index (χ1) is 14.6. The fourth-order valence-corrected chi connectivity index (χ4v) is 3.14. The summed E-state index contributed by atoms with van der Waals surface area (Å²) >= 11 is 1.20. The molecule has 3 rings (SSSR count). The highest BCUT2D eigenvalue weighted by Gasteiger charge is 2.14. The number of amidine groups is 1. The molecule has 0 saturated carbocycles. The number of hydrogen-bond donors (Lipinski definition) is 1. The summed E-state index contributed by atoms with van der Waals surface area (Å²) in [5, 5.41) is 11.6. The topological polar surface area (TPSA) is 101 Å². The van der Waals surface area contributed by atoms with Crippen molar-refractivity contribution >= 4 is 22.7 Å². The number of hydrogen-bond acceptors (Lipinski definition) is 6. The van der Waals surface area contributed by atoms with Gasteiger partial charge >= 0.3 is 5.69 Å². The Balaban J connectivity index is 2.17. The van der Waals surface area contributed by atoms with Gasteiger partial charge in [-0.3, -0.25) is 14.7 Å². The van der Waals surface area contributed by atoms with Crippen LogP contribution >= 0.6 is 11.8 Å². The van der Waals surface area contributed by atoms with Crippen LogP contribution in [0.15, 0.2) is 75.2 Å². The summed E-state index contributed by atoms with van der Waals surface area (Å²) in [6, 6.07) is 17.3. The number of nitriles is 1. The minimum absolute atomic E-state index is 0.102. The first-order valence-corrected chi connectivity index (χ1v) is 10.1. The van der Waals surface area contributed by atoms with Crippen LogP contribution < -0.4 is 21.3 Å².